The van der Waals surface area contributed by atoms with Crippen molar-refractivity contribution in [2.75, 3.05) is 6.79 Å². The average molecular weight is 175 g/mol. The molecule has 0 N–H and O–H groups in total. The quantitative estimate of drug-likeness (QED) is 0.601. The summed E-state index contributed by atoms with van der Waals surface area (Å²) >= 11 is 5.48. The van der Waals surface area contributed by atoms with Crippen LogP contribution in [-0.2, 0) is 0 Å². The van der Waals surface area contributed by atoms with Crippen LogP contribution in [0.15, 0.2) is 12.1 Å². The van der Waals surface area contributed by atoms with E-state index in [0.29, 0.717) is 5.75 Å². The third-order valence-electron chi connectivity index (χ3n) is 1.43. The summed E-state index contributed by atoms with van der Waals surface area (Å²) in [6.07, 6.45) is 0. The largest absolute Gasteiger partial charge is 0.453 e. The van der Waals surface area contributed by atoms with Crippen molar-refractivity contribution in [2.24, 2.45) is 0 Å². The molecule has 0 saturated carbocycles. The number of rotatable bonds is 0. The Morgan fingerprint density at radius 3 is 3.00 bits per heavy atom. The molecule has 0 saturated heterocycles. The maximum atomic E-state index is 13.0. The molecule has 0 amide bonds. The summed E-state index contributed by atoms with van der Waals surface area (Å²) in [4.78, 5) is 0. The van der Waals surface area contributed by atoms with Gasteiger partial charge in [-0.15, -0.1) is 0 Å². The second-order valence-electron chi connectivity index (χ2n) is 2.10. The van der Waals surface area contributed by atoms with Gasteiger partial charge in [0.1, 0.15) is 0 Å². The van der Waals surface area contributed by atoms with Gasteiger partial charge in [-0.1, -0.05) is 11.6 Å². The van der Waals surface area contributed by atoms with E-state index in [9.17, 15) is 4.39 Å². The van der Waals surface area contributed by atoms with Crippen LogP contribution in [0.2, 0.25) is 5.02 Å². The third kappa shape index (κ3) is 0.922. The van der Waals surface area contributed by atoms with Gasteiger partial charge in [0.15, 0.2) is 11.6 Å². The molecule has 2 rings (SSSR count). The summed E-state index contributed by atoms with van der Waals surface area (Å²) in [5, 5.41) is 0.0502. The van der Waals surface area contributed by atoms with Crippen molar-refractivity contribution in [1.82, 2.24) is 0 Å². The summed E-state index contributed by atoms with van der Waals surface area (Å²) in [6, 6.07) is 3.01. The second-order valence-corrected chi connectivity index (χ2v) is 2.50. The first-order chi connectivity index (χ1) is 5.29. The Kier molecular flexibility index (Phi) is 1.39. The van der Waals surface area contributed by atoms with Gasteiger partial charge in [0, 0.05) is 0 Å². The van der Waals surface area contributed by atoms with E-state index in [1.54, 1.807) is 6.07 Å². The first kappa shape index (κ1) is 6.73. The zero-order valence-electron chi connectivity index (χ0n) is 5.43. The molecule has 4 heteroatoms. The molecule has 1 aromatic rings. The molecule has 2 nitrogen and oxygen atoms in total. The molecule has 0 fully saturated rings. The van der Waals surface area contributed by atoms with Crippen molar-refractivity contribution in [2.45, 2.75) is 0 Å². The van der Waals surface area contributed by atoms with Gasteiger partial charge in [-0.2, -0.15) is 0 Å². The Balaban J connectivity index is 2.62. The maximum Gasteiger partial charge on any atom is 0.231 e. The molecule has 11 heavy (non-hydrogen) atoms. The molecule has 0 unspecified atom stereocenters. The lowest BCUT2D eigenvalue weighted by Gasteiger charge is -1.97. The third-order valence-corrected chi connectivity index (χ3v) is 1.72. The lowest BCUT2D eigenvalue weighted by atomic mass is 10.3. The average Bonchev–Trinajstić information content (AvgIpc) is 2.45. The summed E-state index contributed by atoms with van der Waals surface area (Å²) in [5.74, 6) is -0.0360. The Hall–Kier alpha value is -0.960. The van der Waals surface area contributed by atoms with Crippen LogP contribution in [0.1, 0.15) is 0 Å². The monoisotopic (exact) mass is 174 g/mol. The van der Waals surface area contributed by atoms with E-state index in [4.69, 9.17) is 21.1 Å². The highest BCUT2D eigenvalue weighted by atomic mass is 35.5. The van der Waals surface area contributed by atoms with E-state index in [1.807, 2.05) is 0 Å². The molecule has 0 radical (unpaired) electrons. The van der Waals surface area contributed by atoms with Gasteiger partial charge < -0.3 is 9.47 Å². The standard InChI is InChI=1S/C7H4ClFO2/c8-4-1-2-5-7(6(4)9)11-3-10-5/h1-2H,3H2. The summed E-state index contributed by atoms with van der Waals surface area (Å²) in [7, 11) is 0. The fraction of sp³-hybridized carbons (Fsp3) is 0.143. The molecule has 1 aromatic carbocycles. The van der Waals surface area contributed by atoms with Crippen LogP contribution >= 0.6 is 11.6 Å². The Morgan fingerprint density at radius 2 is 2.18 bits per heavy atom. The van der Waals surface area contributed by atoms with E-state index in [2.05, 4.69) is 0 Å². The fourth-order valence-electron chi connectivity index (χ4n) is 0.914. The van der Waals surface area contributed by atoms with Crippen LogP contribution in [0, 0.1) is 5.82 Å². The highest BCUT2D eigenvalue weighted by Crippen LogP contribution is 2.37. The zero-order valence-corrected chi connectivity index (χ0v) is 6.19. The first-order valence-corrected chi connectivity index (χ1v) is 3.40. The van der Waals surface area contributed by atoms with Crippen molar-refractivity contribution in [3.05, 3.63) is 23.0 Å². The molecule has 0 spiro atoms. The van der Waals surface area contributed by atoms with E-state index in [1.165, 1.54) is 6.07 Å². The number of halogens is 2. The van der Waals surface area contributed by atoms with Crippen LogP contribution < -0.4 is 9.47 Å². The van der Waals surface area contributed by atoms with Crippen LogP contribution in [0.25, 0.3) is 0 Å². The summed E-state index contributed by atoms with van der Waals surface area (Å²) in [6.45, 7) is 0.0621. The van der Waals surface area contributed by atoms with E-state index in [-0.39, 0.29) is 17.6 Å². The number of hydrogen-bond acceptors (Lipinski definition) is 2. The predicted octanol–water partition coefficient (Wildman–Crippen LogP) is 2.21. The molecule has 1 heterocycles. The fourth-order valence-corrected chi connectivity index (χ4v) is 1.06. The normalized spacial score (nSPS) is 13.6. The van der Waals surface area contributed by atoms with Gasteiger partial charge in [-0.05, 0) is 12.1 Å². The molecule has 0 atom stereocenters. The predicted molar refractivity (Wildman–Crippen MR) is 37.5 cm³/mol. The molecule has 1 aliphatic heterocycles. The minimum Gasteiger partial charge on any atom is -0.453 e. The van der Waals surface area contributed by atoms with E-state index < -0.39 is 5.82 Å². The summed E-state index contributed by atoms with van der Waals surface area (Å²) < 4.78 is 22.7. The van der Waals surface area contributed by atoms with Gasteiger partial charge in [0.05, 0.1) is 5.02 Å². The van der Waals surface area contributed by atoms with Gasteiger partial charge in [0.2, 0.25) is 12.5 Å². The van der Waals surface area contributed by atoms with Crippen molar-refractivity contribution in [1.29, 1.82) is 0 Å². The molecular formula is C7H4ClFO2. The first-order valence-electron chi connectivity index (χ1n) is 3.02. The van der Waals surface area contributed by atoms with Crippen molar-refractivity contribution in [3.8, 4) is 11.5 Å². The highest BCUT2D eigenvalue weighted by Gasteiger charge is 2.19. The molecular weight excluding hydrogens is 171 g/mol. The molecule has 0 bridgehead atoms. The lowest BCUT2D eigenvalue weighted by Crippen LogP contribution is -1.93. The van der Waals surface area contributed by atoms with Crippen molar-refractivity contribution in [3.63, 3.8) is 0 Å². The van der Waals surface area contributed by atoms with Gasteiger partial charge in [-0.3, -0.25) is 0 Å². The smallest absolute Gasteiger partial charge is 0.231 e. The van der Waals surface area contributed by atoms with E-state index in [0.717, 1.165) is 0 Å². The Labute approximate surface area is 67.5 Å². The SMILES string of the molecule is Fc1c(Cl)ccc2c1OCO2. The van der Waals surface area contributed by atoms with Crippen LogP contribution in [0.4, 0.5) is 4.39 Å². The molecule has 58 valence electrons. The topological polar surface area (TPSA) is 18.5 Å². The van der Waals surface area contributed by atoms with Gasteiger partial charge >= 0.3 is 0 Å². The van der Waals surface area contributed by atoms with Crippen LogP contribution in [0.3, 0.4) is 0 Å². The van der Waals surface area contributed by atoms with Crippen LogP contribution in [0.5, 0.6) is 11.5 Å². The van der Waals surface area contributed by atoms with Gasteiger partial charge in [-0.25, -0.2) is 4.39 Å². The number of ether oxygens (including phenoxy) is 2. The number of hydrogen-bond donors (Lipinski definition) is 0. The molecule has 0 aliphatic carbocycles. The lowest BCUT2D eigenvalue weighted by molar-refractivity contribution is 0.171. The van der Waals surface area contributed by atoms with Gasteiger partial charge in [0.25, 0.3) is 0 Å². The minimum absolute atomic E-state index is 0.0502. The van der Waals surface area contributed by atoms with Crippen molar-refractivity contribution >= 4 is 11.6 Å². The molecule has 1 aliphatic rings. The number of benzene rings is 1. The minimum atomic E-state index is -0.554. The maximum absolute atomic E-state index is 13.0. The number of fused-ring (bicyclic) bond motifs is 1. The second kappa shape index (κ2) is 2.27. The molecule has 0 aromatic heterocycles. The van der Waals surface area contributed by atoms with E-state index >= 15 is 0 Å². The highest BCUT2D eigenvalue weighted by molar-refractivity contribution is 6.30. The summed E-state index contributed by atoms with van der Waals surface area (Å²) in [5.41, 5.74) is 0. The van der Waals surface area contributed by atoms with Crippen molar-refractivity contribution < 1.29 is 13.9 Å². The zero-order chi connectivity index (χ0) is 7.84. The Morgan fingerprint density at radius 1 is 1.36 bits per heavy atom. The van der Waals surface area contributed by atoms with Crippen LogP contribution in [-0.4, -0.2) is 6.79 Å². The Bertz CT molecular complexity index is 301.